The van der Waals surface area contributed by atoms with Crippen LogP contribution in [0.3, 0.4) is 0 Å². The zero-order valence-corrected chi connectivity index (χ0v) is 14.2. The van der Waals surface area contributed by atoms with E-state index in [2.05, 4.69) is 20.0 Å². The van der Waals surface area contributed by atoms with E-state index in [0.29, 0.717) is 12.7 Å². The molecule has 0 radical (unpaired) electrons. The number of hydrogen-bond donors (Lipinski definition) is 1. The van der Waals surface area contributed by atoms with Gasteiger partial charge in [0.05, 0.1) is 32.1 Å². The van der Waals surface area contributed by atoms with Crippen molar-refractivity contribution in [3.63, 3.8) is 0 Å². The predicted octanol–water partition coefficient (Wildman–Crippen LogP) is 2.95. The molecule has 2 aromatic rings. The molecule has 0 atom stereocenters. The van der Waals surface area contributed by atoms with E-state index in [0.717, 1.165) is 7.11 Å². The van der Waals surface area contributed by atoms with Crippen molar-refractivity contribution < 1.29 is 32.2 Å². The number of benzene rings is 1. The number of ether oxygens (including phenoxy) is 3. The number of carbonyl (C=O) groups excluding carboxylic acids is 1. The van der Waals surface area contributed by atoms with Crippen LogP contribution in [-0.2, 0) is 0 Å². The van der Waals surface area contributed by atoms with Crippen molar-refractivity contribution in [1.82, 2.24) is 9.97 Å². The minimum Gasteiger partial charge on any atom is -0.491 e. The van der Waals surface area contributed by atoms with Gasteiger partial charge >= 0.3 is 6.01 Å². The maximum absolute atomic E-state index is 14.2. The van der Waals surface area contributed by atoms with Gasteiger partial charge in [-0.3, -0.25) is 4.79 Å². The van der Waals surface area contributed by atoms with E-state index < -0.39 is 34.7 Å². The van der Waals surface area contributed by atoms with Crippen molar-refractivity contribution in [2.24, 2.45) is 0 Å². The van der Waals surface area contributed by atoms with Gasteiger partial charge in [-0.25, -0.2) is 13.8 Å². The lowest BCUT2D eigenvalue weighted by molar-refractivity contribution is 0.102. The van der Waals surface area contributed by atoms with E-state index >= 15 is 0 Å². The average Bonchev–Trinajstić information content (AvgIpc) is 2.61. The summed E-state index contributed by atoms with van der Waals surface area (Å²) in [4.78, 5) is 20.1. The van der Waals surface area contributed by atoms with Crippen LogP contribution in [0.2, 0.25) is 0 Å². The van der Waals surface area contributed by atoms with Crippen LogP contribution >= 0.6 is 0 Å². The molecule has 0 aliphatic rings. The fourth-order valence-corrected chi connectivity index (χ4v) is 2.00. The maximum atomic E-state index is 14.2. The molecule has 26 heavy (non-hydrogen) atoms. The number of nitrogens with zero attached hydrogens (tertiary/aromatic N) is 2. The van der Waals surface area contributed by atoms with E-state index in [9.17, 15) is 18.0 Å². The highest BCUT2D eigenvalue weighted by Crippen LogP contribution is 2.29. The predicted molar refractivity (Wildman–Crippen MR) is 85.2 cm³/mol. The molecule has 2 rings (SSSR count). The highest BCUT2D eigenvalue weighted by Gasteiger charge is 2.24. The van der Waals surface area contributed by atoms with Crippen LogP contribution < -0.4 is 19.5 Å². The third kappa shape index (κ3) is 3.95. The summed E-state index contributed by atoms with van der Waals surface area (Å²) < 4.78 is 56.2. The summed E-state index contributed by atoms with van der Waals surface area (Å²) in [6.45, 7) is 3.96. The molecule has 0 fully saturated rings. The molecule has 1 heterocycles. The van der Waals surface area contributed by atoms with Crippen molar-refractivity contribution in [3.8, 4) is 17.6 Å². The standard InChI is InChI=1S/C16H16F3N3O4/c1-4-25-15-10(7-20-16(22-15)26-5-2)21-14(23)8-6-9(17)12(19)13(24-3)11(8)18/h6-7H,4-5H2,1-3H3,(H,21,23). The third-order valence-corrected chi connectivity index (χ3v) is 3.10. The first-order chi connectivity index (χ1) is 12.4. The molecule has 0 aliphatic heterocycles. The van der Waals surface area contributed by atoms with Gasteiger partial charge in [-0.2, -0.15) is 9.37 Å². The average molecular weight is 371 g/mol. The third-order valence-electron chi connectivity index (χ3n) is 3.10. The smallest absolute Gasteiger partial charge is 0.319 e. The van der Waals surface area contributed by atoms with E-state index in [1.807, 2.05) is 0 Å². The second-order valence-corrected chi connectivity index (χ2v) is 4.76. The van der Waals surface area contributed by atoms with Crippen LogP contribution in [0.4, 0.5) is 18.9 Å². The Morgan fingerprint density at radius 1 is 1.15 bits per heavy atom. The van der Waals surface area contributed by atoms with Gasteiger partial charge in [0.2, 0.25) is 11.7 Å². The van der Waals surface area contributed by atoms with E-state index in [4.69, 9.17) is 9.47 Å². The van der Waals surface area contributed by atoms with Crippen LogP contribution in [0.5, 0.6) is 17.6 Å². The number of nitrogens with one attached hydrogen (secondary N) is 1. The fraction of sp³-hybridized carbons (Fsp3) is 0.312. The zero-order valence-electron chi connectivity index (χ0n) is 14.2. The molecule has 0 saturated heterocycles. The summed E-state index contributed by atoms with van der Waals surface area (Å²) in [5, 5.41) is 2.29. The number of hydrogen-bond acceptors (Lipinski definition) is 6. The van der Waals surface area contributed by atoms with Gasteiger partial charge < -0.3 is 19.5 Å². The van der Waals surface area contributed by atoms with E-state index in [1.165, 1.54) is 6.20 Å². The fourth-order valence-electron chi connectivity index (χ4n) is 2.00. The van der Waals surface area contributed by atoms with Crippen LogP contribution in [0.1, 0.15) is 24.2 Å². The Labute approximate surface area is 147 Å². The second-order valence-electron chi connectivity index (χ2n) is 4.76. The van der Waals surface area contributed by atoms with E-state index in [1.54, 1.807) is 13.8 Å². The number of halogens is 3. The molecular weight excluding hydrogens is 355 g/mol. The molecular formula is C16H16F3N3O4. The van der Waals surface area contributed by atoms with Gasteiger partial charge in [-0.15, -0.1) is 0 Å². The Kier molecular flexibility index (Phi) is 6.21. The second kappa shape index (κ2) is 8.37. The molecule has 0 spiro atoms. The van der Waals surface area contributed by atoms with Crippen LogP contribution in [0, 0.1) is 17.5 Å². The van der Waals surface area contributed by atoms with Crippen molar-refractivity contribution in [2.45, 2.75) is 13.8 Å². The topological polar surface area (TPSA) is 82.6 Å². The van der Waals surface area contributed by atoms with Crippen molar-refractivity contribution in [1.29, 1.82) is 0 Å². The molecule has 10 heteroatoms. The Morgan fingerprint density at radius 2 is 1.85 bits per heavy atom. The molecule has 0 aliphatic carbocycles. The number of amides is 1. The number of carbonyl (C=O) groups is 1. The SMILES string of the molecule is CCOc1ncc(NC(=O)c2cc(F)c(F)c(OC)c2F)c(OCC)n1. The molecule has 0 unspecified atom stereocenters. The summed E-state index contributed by atoms with van der Waals surface area (Å²) in [7, 11) is 0.954. The van der Waals surface area contributed by atoms with Crippen molar-refractivity contribution >= 4 is 11.6 Å². The quantitative estimate of drug-likeness (QED) is 0.754. The first-order valence-electron chi connectivity index (χ1n) is 7.58. The number of methoxy groups -OCH3 is 1. The molecule has 1 N–H and O–H groups in total. The lowest BCUT2D eigenvalue weighted by atomic mass is 10.1. The lowest BCUT2D eigenvalue weighted by Gasteiger charge is -2.13. The molecule has 1 aromatic carbocycles. The Hall–Kier alpha value is -3.04. The largest absolute Gasteiger partial charge is 0.491 e. The summed E-state index contributed by atoms with van der Waals surface area (Å²) in [6.07, 6.45) is 1.19. The molecule has 7 nitrogen and oxygen atoms in total. The highest BCUT2D eigenvalue weighted by atomic mass is 19.2. The summed E-state index contributed by atoms with van der Waals surface area (Å²) in [5.41, 5.74) is -0.750. The number of rotatable bonds is 7. The van der Waals surface area contributed by atoms with Gasteiger partial charge in [-0.1, -0.05) is 0 Å². The summed E-state index contributed by atoms with van der Waals surface area (Å²) in [6, 6.07) is 0.452. The molecule has 140 valence electrons. The monoisotopic (exact) mass is 371 g/mol. The molecule has 1 amide bonds. The summed E-state index contributed by atoms with van der Waals surface area (Å²) in [5.74, 6) is -6.37. The minimum absolute atomic E-state index is 0.00315. The number of aromatic nitrogens is 2. The van der Waals surface area contributed by atoms with Gasteiger partial charge in [-0.05, 0) is 19.9 Å². The molecule has 0 saturated carbocycles. The Morgan fingerprint density at radius 3 is 2.46 bits per heavy atom. The maximum Gasteiger partial charge on any atom is 0.319 e. The Balaban J connectivity index is 2.37. The van der Waals surface area contributed by atoms with Crippen molar-refractivity contribution in [3.05, 3.63) is 35.3 Å². The zero-order chi connectivity index (χ0) is 19.3. The van der Waals surface area contributed by atoms with Crippen LogP contribution in [-0.4, -0.2) is 36.2 Å². The van der Waals surface area contributed by atoms with Gasteiger partial charge in [0, 0.05) is 0 Å². The van der Waals surface area contributed by atoms with Crippen LogP contribution in [0.25, 0.3) is 0 Å². The van der Waals surface area contributed by atoms with Gasteiger partial charge in [0.25, 0.3) is 5.91 Å². The molecule has 0 bridgehead atoms. The normalized spacial score (nSPS) is 10.4. The first kappa shape index (κ1) is 19.3. The van der Waals surface area contributed by atoms with Gasteiger partial charge in [0.15, 0.2) is 17.4 Å². The Bertz CT molecular complexity index is 818. The lowest BCUT2D eigenvalue weighted by Crippen LogP contribution is -2.17. The van der Waals surface area contributed by atoms with Gasteiger partial charge in [0.1, 0.15) is 5.69 Å². The van der Waals surface area contributed by atoms with E-state index in [-0.39, 0.29) is 24.2 Å². The minimum atomic E-state index is -1.53. The highest BCUT2D eigenvalue weighted by molar-refractivity contribution is 6.05. The molecule has 1 aromatic heterocycles. The summed E-state index contributed by atoms with van der Waals surface area (Å²) >= 11 is 0. The first-order valence-corrected chi connectivity index (χ1v) is 7.58. The van der Waals surface area contributed by atoms with Crippen molar-refractivity contribution in [2.75, 3.05) is 25.6 Å². The number of anilines is 1. The van der Waals surface area contributed by atoms with Crippen LogP contribution in [0.15, 0.2) is 12.3 Å².